The van der Waals surface area contributed by atoms with Gasteiger partial charge in [-0.3, -0.25) is 4.79 Å². The van der Waals surface area contributed by atoms with E-state index in [-0.39, 0.29) is 5.91 Å². The molecule has 1 saturated heterocycles. The lowest BCUT2D eigenvalue weighted by Gasteiger charge is -2.33. The van der Waals surface area contributed by atoms with Crippen LogP contribution >= 0.6 is 0 Å². The number of piperidine rings is 1. The summed E-state index contributed by atoms with van der Waals surface area (Å²) in [7, 11) is 4.20. The van der Waals surface area contributed by atoms with Crippen LogP contribution in [-0.2, 0) is 11.3 Å². The predicted molar refractivity (Wildman–Crippen MR) is 107 cm³/mol. The van der Waals surface area contributed by atoms with Gasteiger partial charge in [-0.25, -0.2) is 4.98 Å². The number of aromatic nitrogens is 2. The molecule has 1 fully saturated rings. The Kier molecular flexibility index (Phi) is 6.63. The molecular weight excluding hydrogens is 338 g/mol. The van der Waals surface area contributed by atoms with Gasteiger partial charge in [-0.2, -0.15) is 0 Å². The van der Waals surface area contributed by atoms with Gasteiger partial charge in [0.15, 0.2) is 0 Å². The molecule has 0 saturated carbocycles. The van der Waals surface area contributed by atoms with E-state index in [1.54, 1.807) is 0 Å². The molecule has 1 aliphatic heterocycles. The Hall–Kier alpha value is -2.18. The zero-order valence-corrected chi connectivity index (χ0v) is 16.4. The minimum absolute atomic E-state index is 0.0222. The molecule has 0 unspecified atom stereocenters. The fourth-order valence-electron chi connectivity index (χ4n) is 3.78. The maximum Gasteiger partial charge on any atom is 0.244 e. The van der Waals surface area contributed by atoms with Crippen LogP contribution in [0.5, 0.6) is 0 Å². The number of imidazole rings is 1. The van der Waals surface area contributed by atoms with E-state index in [2.05, 4.69) is 34.7 Å². The van der Waals surface area contributed by atoms with E-state index in [0.717, 1.165) is 56.8 Å². The summed E-state index contributed by atoms with van der Waals surface area (Å²) in [6, 6.07) is 9.04. The summed E-state index contributed by atoms with van der Waals surface area (Å²) in [6.07, 6.45) is 6.97. The molecule has 2 aromatic rings. The zero-order valence-electron chi connectivity index (χ0n) is 16.4. The van der Waals surface area contributed by atoms with Crippen molar-refractivity contribution in [3.63, 3.8) is 0 Å². The fourth-order valence-corrected chi connectivity index (χ4v) is 3.78. The maximum atomic E-state index is 12.7. The van der Waals surface area contributed by atoms with Crippen LogP contribution in [0.3, 0.4) is 0 Å². The Morgan fingerprint density at radius 3 is 2.63 bits per heavy atom. The van der Waals surface area contributed by atoms with Crippen LogP contribution in [0.1, 0.15) is 42.6 Å². The highest BCUT2D eigenvalue weighted by molar-refractivity contribution is 5.83. The van der Waals surface area contributed by atoms with Gasteiger partial charge in [0.25, 0.3) is 0 Å². The summed E-state index contributed by atoms with van der Waals surface area (Å²) in [4.78, 5) is 21.5. The van der Waals surface area contributed by atoms with Crippen LogP contribution in [0, 0.1) is 0 Å². The van der Waals surface area contributed by atoms with E-state index in [1.807, 2.05) is 41.4 Å². The van der Waals surface area contributed by atoms with Gasteiger partial charge in [0.05, 0.1) is 0 Å². The van der Waals surface area contributed by atoms with Crippen molar-refractivity contribution >= 4 is 5.91 Å². The molecule has 1 aromatic heterocycles. The van der Waals surface area contributed by atoms with E-state index in [9.17, 15) is 4.79 Å². The standard InChI is InChI=1S/C21H31N5O/c1-24(2)12-6-13-25-16-11-23-20(25)18-9-14-26(15-10-18)21(27)19(22)17-7-4-3-5-8-17/h3-5,7-8,11,16,18-19H,6,9-10,12-15,22H2,1-2H3/t19-/m1/s1. The lowest BCUT2D eigenvalue weighted by molar-refractivity contribution is -0.133. The maximum absolute atomic E-state index is 12.7. The first-order chi connectivity index (χ1) is 13.1. The van der Waals surface area contributed by atoms with Crippen LogP contribution in [0.15, 0.2) is 42.7 Å². The molecule has 146 valence electrons. The van der Waals surface area contributed by atoms with E-state index in [0.29, 0.717) is 5.92 Å². The average Bonchev–Trinajstić information content (AvgIpc) is 3.16. The van der Waals surface area contributed by atoms with Crippen LogP contribution in [-0.4, -0.2) is 59.0 Å². The van der Waals surface area contributed by atoms with Gasteiger partial charge in [-0.05, 0) is 45.5 Å². The minimum atomic E-state index is -0.573. The first-order valence-corrected chi connectivity index (χ1v) is 9.81. The average molecular weight is 370 g/mol. The molecule has 1 aliphatic rings. The summed E-state index contributed by atoms with van der Waals surface area (Å²) in [5.74, 6) is 1.60. The van der Waals surface area contributed by atoms with Crippen molar-refractivity contribution in [2.45, 2.75) is 37.8 Å². The molecule has 2 heterocycles. The summed E-state index contributed by atoms with van der Waals surface area (Å²) < 4.78 is 2.28. The molecule has 6 heteroatoms. The van der Waals surface area contributed by atoms with Crippen molar-refractivity contribution in [2.24, 2.45) is 5.73 Å². The van der Waals surface area contributed by atoms with Gasteiger partial charge >= 0.3 is 0 Å². The summed E-state index contributed by atoms with van der Waals surface area (Å²) in [5.41, 5.74) is 7.07. The molecule has 0 radical (unpaired) electrons. The smallest absolute Gasteiger partial charge is 0.244 e. The van der Waals surface area contributed by atoms with E-state index in [1.165, 1.54) is 0 Å². The summed E-state index contributed by atoms with van der Waals surface area (Å²) in [6.45, 7) is 3.55. The van der Waals surface area contributed by atoms with Crippen molar-refractivity contribution in [2.75, 3.05) is 33.7 Å². The monoisotopic (exact) mass is 369 g/mol. The lowest BCUT2D eigenvalue weighted by Crippen LogP contribution is -2.43. The van der Waals surface area contributed by atoms with Crippen molar-refractivity contribution in [1.29, 1.82) is 0 Å². The number of hydrogen-bond donors (Lipinski definition) is 1. The predicted octanol–water partition coefficient (Wildman–Crippen LogP) is 2.24. The number of carbonyl (C=O) groups excluding carboxylic acids is 1. The molecule has 1 atom stereocenters. The summed E-state index contributed by atoms with van der Waals surface area (Å²) >= 11 is 0. The second kappa shape index (κ2) is 9.15. The molecule has 1 amide bonds. The topological polar surface area (TPSA) is 67.4 Å². The van der Waals surface area contributed by atoms with Gasteiger partial charge < -0.3 is 20.1 Å². The number of amides is 1. The normalized spacial score (nSPS) is 16.7. The fraction of sp³-hybridized carbons (Fsp3) is 0.524. The highest BCUT2D eigenvalue weighted by atomic mass is 16.2. The van der Waals surface area contributed by atoms with E-state index < -0.39 is 6.04 Å². The Labute approximate surface area is 162 Å². The van der Waals surface area contributed by atoms with Crippen molar-refractivity contribution < 1.29 is 4.79 Å². The quantitative estimate of drug-likeness (QED) is 0.813. The van der Waals surface area contributed by atoms with Gasteiger partial charge in [-0.1, -0.05) is 30.3 Å². The molecule has 2 N–H and O–H groups in total. The highest BCUT2D eigenvalue weighted by Crippen LogP contribution is 2.28. The van der Waals surface area contributed by atoms with Crippen LogP contribution in [0.25, 0.3) is 0 Å². The van der Waals surface area contributed by atoms with Gasteiger partial charge in [0, 0.05) is 37.9 Å². The molecule has 27 heavy (non-hydrogen) atoms. The second-order valence-electron chi connectivity index (χ2n) is 7.62. The van der Waals surface area contributed by atoms with E-state index >= 15 is 0 Å². The number of nitrogens with zero attached hydrogens (tertiary/aromatic N) is 4. The Balaban J connectivity index is 1.55. The molecule has 0 spiro atoms. The third kappa shape index (κ3) is 4.96. The minimum Gasteiger partial charge on any atom is -0.341 e. The Morgan fingerprint density at radius 1 is 1.26 bits per heavy atom. The number of rotatable bonds is 7. The SMILES string of the molecule is CN(C)CCCn1ccnc1C1CCN(C(=O)[C@H](N)c2ccccc2)CC1. The highest BCUT2D eigenvalue weighted by Gasteiger charge is 2.29. The van der Waals surface area contributed by atoms with Crippen molar-refractivity contribution in [3.8, 4) is 0 Å². The number of benzene rings is 1. The number of nitrogens with two attached hydrogens (primary N) is 1. The largest absolute Gasteiger partial charge is 0.341 e. The molecule has 3 rings (SSSR count). The Bertz CT molecular complexity index is 719. The number of hydrogen-bond acceptors (Lipinski definition) is 4. The van der Waals surface area contributed by atoms with Crippen LogP contribution < -0.4 is 5.73 Å². The third-order valence-electron chi connectivity index (χ3n) is 5.35. The molecule has 0 aliphatic carbocycles. The number of aryl methyl sites for hydroxylation is 1. The Morgan fingerprint density at radius 2 is 1.96 bits per heavy atom. The third-order valence-corrected chi connectivity index (χ3v) is 5.35. The molecule has 1 aromatic carbocycles. The molecular formula is C21H31N5O. The van der Waals surface area contributed by atoms with Gasteiger partial charge in [0.2, 0.25) is 5.91 Å². The van der Waals surface area contributed by atoms with Crippen LogP contribution in [0.2, 0.25) is 0 Å². The molecule has 6 nitrogen and oxygen atoms in total. The van der Waals surface area contributed by atoms with Crippen LogP contribution in [0.4, 0.5) is 0 Å². The van der Waals surface area contributed by atoms with Gasteiger partial charge in [0.1, 0.15) is 11.9 Å². The lowest BCUT2D eigenvalue weighted by atomic mass is 9.95. The molecule has 0 bridgehead atoms. The number of carbonyl (C=O) groups is 1. The van der Waals surface area contributed by atoms with Crippen molar-refractivity contribution in [3.05, 3.63) is 54.1 Å². The van der Waals surface area contributed by atoms with Crippen molar-refractivity contribution in [1.82, 2.24) is 19.4 Å². The number of likely N-dealkylation sites (tertiary alicyclic amines) is 1. The van der Waals surface area contributed by atoms with Gasteiger partial charge in [-0.15, -0.1) is 0 Å². The first-order valence-electron chi connectivity index (χ1n) is 9.81. The zero-order chi connectivity index (χ0) is 19.2. The summed E-state index contributed by atoms with van der Waals surface area (Å²) in [5, 5.41) is 0. The van der Waals surface area contributed by atoms with E-state index in [4.69, 9.17) is 5.73 Å². The first kappa shape index (κ1) is 19.6. The second-order valence-corrected chi connectivity index (χ2v) is 7.62.